The average molecular weight is 1080 g/mol. The van der Waals surface area contributed by atoms with Crippen LogP contribution in [-0.2, 0) is 49.4 Å². The molecular formula is C42H20BF24N5O. The fraction of sp³-hybridized carbons (Fsp3) is 0.190. The Morgan fingerprint density at radius 3 is 0.890 bits per heavy atom. The molecule has 0 saturated heterocycles. The zero-order valence-electron chi connectivity index (χ0n) is 34.8. The van der Waals surface area contributed by atoms with Gasteiger partial charge in [0.25, 0.3) is 0 Å². The molecule has 0 aliphatic heterocycles. The Morgan fingerprint density at radius 1 is 0.397 bits per heavy atom. The summed E-state index contributed by atoms with van der Waals surface area (Å²) >= 11 is 0. The number of hydrogen-bond donors (Lipinski definition) is 0. The van der Waals surface area contributed by atoms with Crippen molar-refractivity contribution < 1.29 is 115 Å². The van der Waals surface area contributed by atoms with Crippen molar-refractivity contribution in [1.29, 1.82) is 0 Å². The SMILES string of the molecule is FC(F)(F)c1cc([B-](c2cc(C(F)(F)F)cc(C(F)(F)F)c2)(c2cc(C(F)(F)F)cc(C(F)(F)F)c2)c2cc(C(F)(F)F)cc(C(F)(F)F)c2)cc(C(F)(F)F)c1.[N-]=[N+]=Nc1cccc(O[n+]2ccncc2)c1. The molecule has 73 heavy (non-hydrogen) atoms. The lowest BCUT2D eigenvalue weighted by molar-refractivity contribution is -0.875. The first-order valence-electron chi connectivity index (χ1n) is 19.1. The topological polar surface area (TPSA) is 74.8 Å². The average Bonchev–Trinajstić information content (AvgIpc) is 3.25. The lowest BCUT2D eigenvalue weighted by Gasteiger charge is -2.46. The van der Waals surface area contributed by atoms with Crippen LogP contribution in [-0.4, -0.2) is 11.1 Å². The summed E-state index contributed by atoms with van der Waals surface area (Å²) in [4.78, 5) is 12.0. The van der Waals surface area contributed by atoms with Gasteiger partial charge in [-0.15, -0.1) is 0 Å². The minimum absolute atomic E-state index is 0.509. The molecule has 0 aliphatic carbocycles. The van der Waals surface area contributed by atoms with Crippen molar-refractivity contribution in [3.63, 3.8) is 0 Å². The molecule has 0 aliphatic rings. The van der Waals surface area contributed by atoms with Crippen LogP contribution in [0.5, 0.6) is 5.75 Å². The summed E-state index contributed by atoms with van der Waals surface area (Å²) in [7, 11) is 0. The predicted molar refractivity (Wildman–Crippen MR) is 206 cm³/mol. The first-order valence-corrected chi connectivity index (χ1v) is 19.1. The quantitative estimate of drug-likeness (QED) is 0.0399. The van der Waals surface area contributed by atoms with Crippen LogP contribution in [0.25, 0.3) is 10.4 Å². The van der Waals surface area contributed by atoms with Crippen LogP contribution in [0.4, 0.5) is 111 Å². The summed E-state index contributed by atoms with van der Waals surface area (Å²) < 4.78 is 342. The molecule has 0 bridgehead atoms. The van der Waals surface area contributed by atoms with Crippen molar-refractivity contribution in [2.24, 2.45) is 5.11 Å². The van der Waals surface area contributed by atoms with E-state index in [0.29, 0.717) is 11.4 Å². The molecule has 0 radical (unpaired) electrons. The maximum atomic E-state index is 14.2. The van der Waals surface area contributed by atoms with Crippen LogP contribution >= 0.6 is 0 Å². The molecule has 6 aromatic rings. The number of azide groups is 1. The van der Waals surface area contributed by atoms with Gasteiger partial charge in [-0.25, -0.2) is 4.84 Å². The monoisotopic (exact) mass is 1080 g/mol. The lowest BCUT2D eigenvalue weighted by atomic mass is 9.12. The standard InChI is InChI=1S/C32H12BF24.C10H8N5O/c34-25(35,36)13-1-14(26(37,38)39)6-21(5-13)33(22-7-15(27(40,41)42)2-16(8-22)28(43,44)45,23-9-17(29(46,47)48)3-18(10-23)30(49,50)51)24-11-19(31(52,53)54)4-20(12-24)32(55,56)57;11-14-13-9-2-1-3-10(8-9)16-15-6-4-12-5-7-15/h1-12H;1-8H/q-1;+1. The summed E-state index contributed by atoms with van der Waals surface area (Å²) in [6.45, 7) is 0. The third-order valence-electron chi connectivity index (χ3n) is 10.2. The van der Waals surface area contributed by atoms with Crippen molar-refractivity contribution in [3.8, 4) is 5.75 Å². The fourth-order valence-electron chi connectivity index (χ4n) is 7.22. The Kier molecular flexibility index (Phi) is 15.2. The second kappa shape index (κ2) is 19.6. The summed E-state index contributed by atoms with van der Waals surface area (Å²) in [5.41, 5.74) is -21.4. The van der Waals surface area contributed by atoms with Gasteiger partial charge in [0, 0.05) is 15.3 Å². The van der Waals surface area contributed by atoms with E-state index in [1.54, 1.807) is 49.1 Å². The first-order chi connectivity index (χ1) is 33.1. The first kappa shape index (κ1) is 56.6. The molecule has 5 aromatic carbocycles. The van der Waals surface area contributed by atoms with Crippen LogP contribution in [0.15, 0.2) is 127 Å². The summed E-state index contributed by atoms with van der Waals surface area (Å²) in [5.74, 6) is 0.584. The maximum Gasteiger partial charge on any atom is 0.416 e. The van der Waals surface area contributed by atoms with Gasteiger partial charge < -0.3 is 0 Å². The molecule has 0 unspecified atom stereocenters. The largest absolute Gasteiger partial charge is 0.416 e. The van der Waals surface area contributed by atoms with Gasteiger partial charge in [-0.2, -0.15) is 127 Å². The summed E-state index contributed by atoms with van der Waals surface area (Å²) in [6, 6.07) is -1.95. The highest BCUT2D eigenvalue weighted by molar-refractivity contribution is 7.20. The van der Waals surface area contributed by atoms with E-state index in [4.69, 9.17) is 10.4 Å². The van der Waals surface area contributed by atoms with Gasteiger partial charge in [-0.05, 0) is 41.9 Å². The number of hydrogen-bond acceptors (Lipinski definition) is 3. The van der Waals surface area contributed by atoms with Crippen LogP contribution in [0.1, 0.15) is 44.5 Å². The third-order valence-corrected chi connectivity index (χ3v) is 10.2. The van der Waals surface area contributed by atoms with E-state index in [-0.39, 0.29) is 0 Å². The molecule has 0 N–H and O–H groups in total. The van der Waals surface area contributed by atoms with Gasteiger partial charge in [-0.1, -0.05) is 65.8 Å². The highest BCUT2D eigenvalue weighted by atomic mass is 19.4. The number of alkyl halides is 24. The lowest BCUT2D eigenvalue weighted by Crippen LogP contribution is -2.75. The van der Waals surface area contributed by atoms with Crippen LogP contribution in [0.3, 0.4) is 0 Å². The number of halogens is 24. The molecular weight excluding hydrogens is 1060 g/mol. The van der Waals surface area contributed by atoms with Crippen molar-refractivity contribution >= 4 is 33.7 Å². The Morgan fingerprint density at radius 2 is 0.658 bits per heavy atom. The summed E-state index contributed by atoms with van der Waals surface area (Å²) in [6.07, 6.45) is -48.3. The molecule has 1 heterocycles. The molecule has 0 saturated carbocycles. The van der Waals surface area contributed by atoms with Crippen molar-refractivity contribution in [2.45, 2.75) is 49.4 Å². The molecule has 0 amide bonds. The van der Waals surface area contributed by atoms with E-state index < -0.39 is 195 Å². The molecule has 0 atom stereocenters. The molecule has 31 heteroatoms. The Labute approximate surface area is 390 Å². The Bertz CT molecular complexity index is 2570. The molecule has 6 rings (SSSR count). The van der Waals surface area contributed by atoms with Gasteiger partial charge in [0.15, 0.2) is 0 Å². The van der Waals surface area contributed by atoms with Crippen LogP contribution in [0, 0.1) is 0 Å². The second-order valence-corrected chi connectivity index (χ2v) is 15.1. The highest BCUT2D eigenvalue weighted by Gasteiger charge is 2.47. The number of benzene rings is 5. The highest BCUT2D eigenvalue weighted by Crippen LogP contribution is 2.41. The van der Waals surface area contributed by atoms with E-state index in [1.165, 1.54) is 4.73 Å². The van der Waals surface area contributed by atoms with Gasteiger partial charge in [-0.3, -0.25) is 4.98 Å². The Hall–Kier alpha value is -7.33. The molecule has 390 valence electrons. The van der Waals surface area contributed by atoms with Crippen LogP contribution < -0.4 is 31.4 Å². The van der Waals surface area contributed by atoms with Gasteiger partial charge >= 0.3 is 49.4 Å². The second-order valence-electron chi connectivity index (χ2n) is 15.1. The van der Waals surface area contributed by atoms with Gasteiger partial charge in [0.1, 0.15) is 6.15 Å². The Balaban J connectivity index is 0.000000520. The van der Waals surface area contributed by atoms with Crippen molar-refractivity contribution in [1.82, 2.24) is 4.98 Å². The number of nitrogens with zero attached hydrogens (tertiary/aromatic N) is 5. The zero-order valence-corrected chi connectivity index (χ0v) is 34.8. The minimum Gasteiger partial charge on any atom is -0.252 e. The van der Waals surface area contributed by atoms with E-state index in [0.717, 1.165) is 0 Å². The van der Waals surface area contributed by atoms with E-state index >= 15 is 0 Å². The van der Waals surface area contributed by atoms with Gasteiger partial charge in [0.05, 0.1) is 56.9 Å². The smallest absolute Gasteiger partial charge is 0.252 e. The number of aromatic nitrogens is 2. The fourth-order valence-corrected chi connectivity index (χ4v) is 7.22. The van der Waals surface area contributed by atoms with E-state index in [2.05, 4.69) is 15.0 Å². The molecule has 1 aromatic heterocycles. The maximum absolute atomic E-state index is 14.2. The summed E-state index contributed by atoms with van der Waals surface area (Å²) in [5, 5.41) is 3.49. The van der Waals surface area contributed by atoms with Crippen molar-refractivity contribution in [2.75, 3.05) is 0 Å². The molecule has 0 spiro atoms. The van der Waals surface area contributed by atoms with E-state index in [9.17, 15) is 105 Å². The number of rotatable bonds is 7. The van der Waals surface area contributed by atoms with Gasteiger partial charge in [0.2, 0.25) is 18.1 Å². The van der Waals surface area contributed by atoms with Crippen molar-refractivity contribution in [3.05, 3.63) is 177 Å². The molecule has 6 nitrogen and oxygen atoms in total. The normalized spacial score (nSPS) is 13.2. The predicted octanol–water partition coefficient (Wildman–Crippen LogP) is 13.4. The molecule has 0 fully saturated rings. The third kappa shape index (κ3) is 13.4. The zero-order chi connectivity index (χ0) is 55.1. The van der Waals surface area contributed by atoms with Crippen LogP contribution in [0.2, 0.25) is 0 Å². The van der Waals surface area contributed by atoms with E-state index in [1.807, 2.05) is 0 Å². The minimum atomic E-state index is -6.13.